The van der Waals surface area contributed by atoms with Crippen LogP contribution in [0.1, 0.15) is 58.9 Å². The van der Waals surface area contributed by atoms with E-state index in [9.17, 15) is 27.9 Å². The number of hydrogen-bond acceptors (Lipinski definition) is 5. The number of aliphatic carboxylic acids is 1. The van der Waals surface area contributed by atoms with E-state index >= 15 is 0 Å². The fourth-order valence-corrected chi connectivity index (χ4v) is 5.44. The van der Waals surface area contributed by atoms with Gasteiger partial charge in [-0.2, -0.15) is 4.72 Å². The van der Waals surface area contributed by atoms with Gasteiger partial charge in [-0.15, -0.1) is 0 Å². The third-order valence-electron chi connectivity index (χ3n) is 6.59. The number of amides is 2. The van der Waals surface area contributed by atoms with E-state index in [-0.39, 0.29) is 34.5 Å². The summed E-state index contributed by atoms with van der Waals surface area (Å²) in [5.74, 6) is -2.18. The number of nitrogens with zero attached hydrogens (tertiary/aromatic N) is 1. The topological polar surface area (TPSA) is 133 Å². The number of aryl methyl sites for hydroxylation is 1. The van der Waals surface area contributed by atoms with Crippen LogP contribution >= 0.6 is 0 Å². The molecule has 0 unspecified atom stereocenters. The number of carboxylic acid groups (broad SMARTS) is 1. The van der Waals surface area contributed by atoms with Crippen molar-refractivity contribution in [3.8, 4) is 0 Å². The van der Waals surface area contributed by atoms with Crippen LogP contribution in [-0.2, 0) is 24.4 Å². The Bertz CT molecular complexity index is 985. The van der Waals surface area contributed by atoms with Gasteiger partial charge in [0.1, 0.15) is 12.1 Å². The van der Waals surface area contributed by atoms with Crippen LogP contribution in [0.3, 0.4) is 0 Å². The Kier molecular flexibility index (Phi) is 10.3. The number of likely N-dealkylation sites (tertiary alicyclic amines) is 1. The molecular formula is C25H39N3O6S. The predicted molar refractivity (Wildman–Crippen MR) is 133 cm³/mol. The molecule has 2 rings (SSSR count). The van der Waals surface area contributed by atoms with Gasteiger partial charge in [-0.1, -0.05) is 51.8 Å². The lowest BCUT2D eigenvalue weighted by Crippen LogP contribution is -2.54. The molecule has 0 saturated carbocycles. The van der Waals surface area contributed by atoms with E-state index in [4.69, 9.17) is 0 Å². The molecule has 2 amide bonds. The summed E-state index contributed by atoms with van der Waals surface area (Å²) in [6.07, 6.45) is 1.74. The van der Waals surface area contributed by atoms with Crippen LogP contribution in [0.4, 0.5) is 0 Å². The fourth-order valence-electron chi connectivity index (χ4n) is 4.14. The molecule has 1 aromatic carbocycles. The molecule has 0 radical (unpaired) electrons. The number of nitrogens with one attached hydrogen (secondary N) is 2. The summed E-state index contributed by atoms with van der Waals surface area (Å²) in [7, 11) is -3.89. The van der Waals surface area contributed by atoms with E-state index in [1.54, 1.807) is 17.0 Å². The number of piperidine rings is 1. The van der Waals surface area contributed by atoms with E-state index in [0.717, 1.165) is 5.56 Å². The maximum Gasteiger partial charge on any atom is 0.326 e. The second kappa shape index (κ2) is 12.5. The molecule has 1 heterocycles. The van der Waals surface area contributed by atoms with Crippen LogP contribution in [-0.4, -0.2) is 61.4 Å². The highest BCUT2D eigenvalue weighted by molar-refractivity contribution is 7.89. The first-order valence-corrected chi connectivity index (χ1v) is 13.7. The van der Waals surface area contributed by atoms with Crippen LogP contribution in [0.25, 0.3) is 0 Å². The van der Waals surface area contributed by atoms with Gasteiger partial charge in [-0.05, 0) is 50.2 Å². The third-order valence-corrected chi connectivity index (χ3v) is 8.05. The monoisotopic (exact) mass is 509 g/mol. The van der Waals surface area contributed by atoms with Crippen molar-refractivity contribution in [2.45, 2.75) is 77.3 Å². The van der Waals surface area contributed by atoms with Gasteiger partial charge in [-0.3, -0.25) is 9.59 Å². The Balaban J connectivity index is 2.05. The molecule has 1 aliphatic rings. The predicted octanol–water partition coefficient (Wildman–Crippen LogP) is 2.54. The Morgan fingerprint density at radius 2 is 1.66 bits per heavy atom. The molecule has 3 atom stereocenters. The first kappa shape index (κ1) is 28.8. The molecule has 196 valence electrons. The van der Waals surface area contributed by atoms with Crippen molar-refractivity contribution in [2.24, 2.45) is 17.8 Å². The summed E-state index contributed by atoms with van der Waals surface area (Å²) in [4.78, 5) is 39.2. The van der Waals surface area contributed by atoms with Crippen LogP contribution < -0.4 is 10.0 Å². The average Bonchev–Trinajstić information content (AvgIpc) is 2.81. The molecule has 1 fully saturated rings. The normalized spacial score (nSPS) is 17.6. The van der Waals surface area contributed by atoms with Gasteiger partial charge in [0.25, 0.3) is 0 Å². The van der Waals surface area contributed by atoms with Gasteiger partial charge in [0.15, 0.2) is 0 Å². The van der Waals surface area contributed by atoms with Crippen molar-refractivity contribution in [1.29, 1.82) is 0 Å². The van der Waals surface area contributed by atoms with Crippen molar-refractivity contribution in [3.05, 3.63) is 29.8 Å². The average molecular weight is 510 g/mol. The summed E-state index contributed by atoms with van der Waals surface area (Å²) in [5, 5.41) is 12.0. The highest BCUT2D eigenvalue weighted by Gasteiger charge is 2.36. The Morgan fingerprint density at radius 3 is 2.14 bits per heavy atom. The number of rotatable bonds is 11. The van der Waals surface area contributed by atoms with Crippen molar-refractivity contribution < 1.29 is 27.9 Å². The summed E-state index contributed by atoms with van der Waals surface area (Å²) in [6, 6.07) is 4.60. The molecule has 1 saturated heterocycles. The Morgan fingerprint density at radius 1 is 1.09 bits per heavy atom. The van der Waals surface area contributed by atoms with Gasteiger partial charge in [0.05, 0.1) is 4.90 Å². The minimum absolute atomic E-state index is 0.106. The number of carbonyl (C=O) groups excluding carboxylic acids is 2. The van der Waals surface area contributed by atoms with Crippen molar-refractivity contribution in [3.63, 3.8) is 0 Å². The molecule has 0 bridgehead atoms. The van der Waals surface area contributed by atoms with Crippen LogP contribution in [0, 0.1) is 24.7 Å². The van der Waals surface area contributed by atoms with Crippen LogP contribution in [0.2, 0.25) is 0 Å². The highest BCUT2D eigenvalue weighted by Crippen LogP contribution is 2.22. The zero-order chi connectivity index (χ0) is 26.3. The summed E-state index contributed by atoms with van der Waals surface area (Å²) >= 11 is 0. The third kappa shape index (κ3) is 8.03. The first-order chi connectivity index (χ1) is 16.4. The lowest BCUT2D eigenvalue weighted by molar-refractivity contribution is -0.143. The van der Waals surface area contributed by atoms with Gasteiger partial charge >= 0.3 is 5.97 Å². The maximum atomic E-state index is 13.3. The largest absolute Gasteiger partial charge is 0.480 e. The minimum atomic E-state index is -3.89. The zero-order valence-corrected chi connectivity index (χ0v) is 22.1. The number of hydrogen-bond donors (Lipinski definition) is 3. The number of carboxylic acids is 1. The van der Waals surface area contributed by atoms with E-state index in [0.29, 0.717) is 38.8 Å². The highest BCUT2D eigenvalue weighted by atomic mass is 32.2. The van der Waals surface area contributed by atoms with Crippen molar-refractivity contribution in [2.75, 3.05) is 13.1 Å². The van der Waals surface area contributed by atoms with E-state index < -0.39 is 28.1 Å². The molecule has 0 spiro atoms. The minimum Gasteiger partial charge on any atom is -0.480 e. The molecule has 0 aliphatic carbocycles. The van der Waals surface area contributed by atoms with Gasteiger partial charge in [-0.25, -0.2) is 13.2 Å². The van der Waals surface area contributed by atoms with Gasteiger partial charge in [0.2, 0.25) is 21.8 Å². The molecule has 1 aromatic rings. The quantitative estimate of drug-likeness (QED) is 0.420. The SMILES string of the molecule is CC[C@@H](C)[C@H](NS(=O)(=O)c1ccc(C)cc1)C(=O)N1CCC(C(=O)N[C@@H](CC(C)C)C(=O)O)CC1. The molecule has 1 aliphatic heterocycles. The smallest absolute Gasteiger partial charge is 0.326 e. The second-order valence-corrected chi connectivity index (χ2v) is 11.6. The van der Waals surface area contributed by atoms with E-state index in [2.05, 4.69) is 10.0 Å². The standard InChI is InChI=1S/C25H39N3O6S/c1-6-18(5)22(27-35(33,34)20-9-7-17(4)8-10-20)24(30)28-13-11-19(12-14-28)23(29)26-21(25(31)32)15-16(2)3/h7-10,16,18-19,21-22,27H,6,11-15H2,1-5H3,(H,26,29)(H,31,32)/t18-,21+,22+/m1/s1. The lowest BCUT2D eigenvalue weighted by atomic mass is 9.93. The summed E-state index contributed by atoms with van der Waals surface area (Å²) in [5.41, 5.74) is 0.935. The lowest BCUT2D eigenvalue weighted by Gasteiger charge is -2.35. The number of carbonyl (C=O) groups is 3. The molecule has 35 heavy (non-hydrogen) atoms. The van der Waals surface area contributed by atoms with Gasteiger partial charge in [0, 0.05) is 19.0 Å². The molecule has 0 aromatic heterocycles. The zero-order valence-electron chi connectivity index (χ0n) is 21.3. The van der Waals surface area contributed by atoms with Crippen molar-refractivity contribution >= 4 is 27.8 Å². The van der Waals surface area contributed by atoms with Crippen LogP contribution in [0.5, 0.6) is 0 Å². The van der Waals surface area contributed by atoms with Gasteiger partial charge < -0.3 is 15.3 Å². The number of benzene rings is 1. The first-order valence-electron chi connectivity index (χ1n) is 12.3. The molecular weight excluding hydrogens is 470 g/mol. The Hall–Kier alpha value is -2.46. The number of sulfonamides is 1. The van der Waals surface area contributed by atoms with E-state index in [1.807, 2.05) is 34.6 Å². The molecule has 9 nitrogen and oxygen atoms in total. The fraction of sp³-hybridized carbons (Fsp3) is 0.640. The second-order valence-electron chi connectivity index (χ2n) is 9.93. The van der Waals surface area contributed by atoms with Crippen molar-refractivity contribution in [1.82, 2.24) is 14.9 Å². The van der Waals surface area contributed by atoms with E-state index in [1.165, 1.54) is 12.1 Å². The maximum absolute atomic E-state index is 13.3. The van der Waals surface area contributed by atoms with Crippen LogP contribution in [0.15, 0.2) is 29.2 Å². The molecule has 3 N–H and O–H groups in total. The molecule has 10 heteroatoms. The Labute approximate surface area is 208 Å². The summed E-state index contributed by atoms with van der Waals surface area (Å²) < 4.78 is 28.5. The summed E-state index contributed by atoms with van der Waals surface area (Å²) in [6.45, 7) is 10.0.